The average molecular weight is 378 g/mol. The molecule has 0 radical (unpaired) electrons. The zero-order chi connectivity index (χ0) is 19.1. The van der Waals surface area contributed by atoms with E-state index in [1.807, 2.05) is 6.92 Å². The highest BCUT2D eigenvalue weighted by Gasteiger charge is 2.17. The van der Waals surface area contributed by atoms with Crippen LogP contribution in [0.3, 0.4) is 0 Å². The minimum absolute atomic E-state index is 0.0109. The van der Waals surface area contributed by atoms with Gasteiger partial charge in [0.15, 0.2) is 5.78 Å². The van der Waals surface area contributed by atoms with Crippen LogP contribution in [-0.2, 0) is 6.42 Å². The molecule has 1 atom stereocenters. The third-order valence-corrected chi connectivity index (χ3v) is 5.01. The number of Topliss-reactive ketones (excluding diaryl/α,β-unsaturated/α-hetero) is 1. The van der Waals surface area contributed by atoms with Gasteiger partial charge in [-0.25, -0.2) is 4.39 Å². The molecule has 4 nitrogen and oxygen atoms in total. The number of thioether (sulfide) groups is 1. The van der Waals surface area contributed by atoms with Gasteiger partial charge in [0.25, 0.3) is 0 Å². The van der Waals surface area contributed by atoms with Crippen molar-refractivity contribution in [1.82, 2.24) is 0 Å². The summed E-state index contributed by atoms with van der Waals surface area (Å²) in [6.45, 7) is 3.37. The van der Waals surface area contributed by atoms with E-state index in [4.69, 9.17) is 4.74 Å². The Morgan fingerprint density at radius 1 is 1.27 bits per heavy atom. The third kappa shape index (κ3) is 5.22. The van der Waals surface area contributed by atoms with Gasteiger partial charge in [0, 0.05) is 16.2 Å². The zero-order valence-electron chi connectivity index (χ0n) is 14.9. The summed E-state index contributed by atoms with van der Waals surface area (Å²) in [4.78, 5) is 12.0. The fraction of sp³-hybridized carbons (Fsp3) is 0.350. The van der Waals surface area contributed by atoms with Crippen molar-refractivity contribution in [2.75, 3.05) is 12.4 Å². The van der Waals surface area contributed by atoms with E-state index in [9.17, 15) is 19.4 Å². The highest BCUT2D eigenvalue weighted by atomic mass is 32.2. The molecule has 2 rings (SSSR count). The molecule has 0 saturated carbocycles. The summed E-state index contributed by atoms with van der Waals surface area (Å²) in [5.74, 6) is 0.131. The number of carbonyl (C=O) groups is 1. The molecule has 1 unspecified atom stereocenters. The molecule has 0 amide bonds. The van der Waals surface area contributed by atoms with E-state index in [2.05, 4.69) is 0 Å². The number of ketones is 1. The summed E-state index contributed by atoms with van der Waals surface area (Å²) in [6, 6.07) is 9.55. The summed E-state index contributed by atoms with van der Waals surface area (Å²) in [5.41, 5.74) is 0.825. The first kappa shape index (κ1) is 20.3. The molecule has 6 heteroatoms. The number of phenols is 1. The second-order valence-corrected chi connectivity index (χ2v) is 7.01. The van der Waals surface area contributed by atoms with Crippen molar-refractivity contribution < 1.29 is 24.1 Å². The van der Waals surface area contributed by atoms with Gasteiger partial charge in [-0.2, -0.15) is 0 Å². The molecule has 2 aromatic carbocycles. The Labute approximate surface area is 157 Å². The van der Waals surface area contributed by atoms with Crippen molar-refractivity contribution in [2.24, 2.45) is 0 Å². The van der Waals surface area contributed by atoms with Crippen LogP contribution in [0.25, 0.3) is 0 Å². The molecular formula is C20H23FO4S. The standard InChI is InChI=1S/C20H23FO4S/c1-3-6-16-18(10-9-15(13(2)22)20(16)24)25-11-14(23)12-26-19-8-5-4-7-17(19)21/h4-5,7-10,14,23-24H,3,6,11-12H2,1-2H3. The van der Waals surface area contributed by atoms with Crippen LogP contribution in [0.4, 0.5) is 4.39 Å². The number of halogens is 1. The SMILES string of the molecule is CCCc1c(OCC(O)CSc2ccccc2F)ccc(C(C)=O)c1O. The molecule has 0 spiro atoms. The lowest BCUT2D eigenvalue weighted by molar-refractivity contribution is 0.101. The number of phenolic OH excluding ortho intramolecular Hbond substituents is 1. The maximum absolute atomic E-state index is 13.6. The van der Waals surface area contributed by atoms with Crippen LogP contribution in [0, 0.1) is 5.82 Å². The van der Waals surface area contributed by atoms with Crippen LogP contribution in [0.1, 0.15) is 36.2 Å². The van der Waals surface area contributed by atoms with Gasteiger partial charge in [-0.3, -0.25) is 4.79 Å². The molecule has 2 aromatic rings. The molecule has 0 aromatic heterocycles. The predicted octanol–water partition coefficient (Wildman–Crippen LogP) is 4.22. The largest absolute Gasteiger partial charge is 0.507 e. The summed E-state index contributed by atoms with van der Waals surface area (Å²) in [6.07, 6.45) is 0.531. The number of aliphatic hydroxyl groups is 1. The third-order valence-electron chi connectivity index (χ3n) is 3.82. The second-order valence-electron chi connectivity index (χ2n) is 5.95. The molecule has 0 heterocycles. The molecule has 140 valence electrons. The highest BCUT2D eigenvalue weighted by molar-refractivity contribution is 7.99. The van der Waals surface area contributed by atoms with Crippen molar-refractivity contribution in [1.29, 1.82) is 0 Å². The lowest BCUT2D eigenvalue weighted by Gasteiger charge is -2.17. The molecular weight excluding hydrogens is 355 g/mol. The van der Waals surface area contributed by atoms with Gasteiger partial charge in [-0.05, 0) is 37.6 Å². The monoisotopic (exact) mass is 378 g/mol. The number of aliphatic hydroxyl groups excluding tert-OH is 1. The zero-order valence-corrected chi connectivity index (χ0v) is 15.7. The normalized spacial score (nSPS) is 12.0. The van der Waals surface area contributed by atoms with Crippen LogP contribution in [0.2, 0.25) is 0 Å². The molecule has 0 aliphatic heterocycles. The van der Waals surface area contributed by atoms with E-state index >= 15 is 0 Å². The van der Waals surface area contributed by atoms with Crippen molar-refractivity contribution in [3.63, 3.8) is 0 Å². The lowest BCUT2D eigenvalue weighted by Crippen LogP contribution is -2.20. The molecule has 2 N–H and O–H groups in total. The van der Waals surface area contributed by atoms with Gasteiger partial charge in [0.1, 0.15) is 23.9 Å². The number of hydrogen-bond acceptors (Lipinski definition) is 5. The number of ether oxygens (including phenoxy) is 1. The lowest BCUT2D eigenvalue weighted by atomic mass is 10.0. The van der Waals surface area contributed by atoms with Crippen molar-refractivity contribution in [2.45, 2.75) is 37.7 Å². The van der Waals surface area contributed by atoms with Crippen molar-refractivity contribution in [3.05, 3.63) is 53.3 Å². The quantitative estimate of drug-likeness (QED) is 0.505. The van der Waals surface area contributed by atoms with Crippen LogP contribution in [0.15, 0.2) is 41.3 Å². The van der Waals surface area contributed by atoms with Gasteiger partial charge >= 0.3 is 0 Å². The molecule has 0 aliphatic rings. The van der Waals surface area contributed by atoms with Crippen LogP contribution in [0.5, 0.6) is 11.5 Å². The Hall–Kier alpha value is -2.05. The van der Waals surface area contributed by atoms with E-state index in [1.165, 1.54) is 30.8 Å². The van der Waals surface area contributed by atoms with Crippen LogP contribution >= 0.6 is 11.8 Å². The first-order valence-corrected chi connectivity index (χ1v) is 9.46. The molecule has 0 aliphatic carbocycles. The Balaban J connectivity index is 2.00. The maximum Gasteiger partial charge on any atom is 0.163 e. The van der Waals surface area contributed by atoms with Gasteiger partial charge < -0.3 is 14.9 Å². The van der Waals surface area contributed by atoms with Gasteiger partial charge in [-0.15, -0.1) is 11.8 Å². The molecule has 26 heavy (non-hydrogen) atoms. The van der Waals surface area contributed by atoms with E-state index < -0.39 is 6.10 Å². The van der Waals surface area contributed by atoms with E-state index in [0.717, 1.165) is 6.42 Å². The smallest absolute Gasteiger partial charge is 0.163 e. The number of benzene rings is 2. The number of carbonyl (C=O) groups excluding carboxylic acids is 1. The van der Waals surface area contributed by atoms with Gasteiger partial charge in [0.2, 0.25) is 0 Å². The second kappa shape index (κ2) is 9.59. The Morgan fingerprint density at radius 2 is 2.00 bits per heavy atom. The topological polar surface area (TPSA) is 66.8 Å². The Bertz CT molecular complexity index is 763. The summed E-state index contributed by atoms with van der Waals surface area (Å²) in [7, 11) is 0. The number of rotatable bonds is 9. The highest BCUT2D eigenvalue weighted by Crippen LogP contribution is 2.33. The summed E-state index contributed by atoms with van der Waals surface area (Å²) >= 11 is 1.22. The maximum atomic E-state index is 13.6. The first-order valence-electron chi connectivity index (χ1n) is 8.48. The minimum Gasteiger partial charge on any atom is -0.507 e. The van der Waals surface area contributed by atoms with Gasteiger partial charge in [0.05, 0.1) is 11.7 Å². The fourth-order valence-electron chi connectivity index (χ4n) is 2.51. The Morgan fingerprint density at radius 3 is 2.65 bits per heavy atom. The summed E-state index contributed by atoms with van der Waals surface area (Å²) < 4.78 is 19.2. The summed E-state index contributed by atoms with van der Waals surface area (Å²) in [5, 5.41) is 20.4. The van der Waals surface area contributed by atoms with Crippen molar-refractivity contribution >= 4 is 17.5 Å². The van der Waals surface area contributed by atoms with Crippen LogP contribution in [-0.4, -0.2) is 34.5 Å². The van der Waals surface area contributed by atoms with Gasteiger partial charge in [-0.1, -0.05) is 25.5 Å². The van der Waals surface area contributed by atoms with E-state index in [0.29, 0.717) is 22.6 Å². The molecule has 0 fully saturated rings. The molecule has 0 saturated heterocycles. The number of aromatic hydroxyl groups is 1. The van der Waals surface area contributed by atoms with Crippen LogP contribution < -0.4 is 4.74 Å². The Kier molecular flexibility index (Phi) is 7.48. The number of hydrogen-bond donors (Lipinski definition) is 2. The first-order chi connectivity index (χ1) is 12.4. The fourth-order valence-corrected chi connectivity index (χ4v) is 3.36. The minimum atomic E-state index is -0.802. The molecule has 0 bridgehead atoms. The predicted molar refractivity (Wildman–Crippen MR) is 101 cm³/mol. The van der Waals surface area contributed by atoms with E-state index in [-0.39, 0.29) is 35.3 Å². The van der Waals surface area contributed by atoms with Crippen molar-refractivity contribution in [3.8, 4) is 11.5 Å². The average Bonchev–Trinajstić information content (AvgIpc) is 2.61. The van der Waals surface area contributed by atoms with E-state index in [1.54, 1.807) is 24.3 Å².